The number of carboxylic acid groups (broad SMARTS) is 1. The molecule has 0 aliphatic rings. The van der Waals surface area contributed by atoms with Gasteiger partial charge in [0.15, 0.2) is 0 Å². The number of hydrogen-bond acceptors (Lipinski definition) is 3. The van der Waals surface area contributed by atoms with Crippen molar-refractivity contribution >= 4 is 11.9 Å². The molecule has 98 valence electrons. The predicted octanol–water partition coefficient (Wildman–Crippen LogP) is 0.252. The van der Waals surface area contributed by atoms with Gasteiger partial charge in [-0.2, -0.15) is 0 Å². The zero-order valence-corrected chi connectivity index (χ0v) is 10.9. The van der Waals surface area contributed by atoms with Crippen molar-refractivity contribution in [3.63, 3.8) is 0 Å². The van der Waals surface area contributed by atoms with Crippen LogP contribution in [0, 0.1) is 13.8 Å². The third kappa shape index (κ3) is 2.58. The Morgan fingerprint density at radius 2 is 1.89 bits per heavy atom. The first-order valence-electron chi connectivity index (χ1n) is 5.40. The molecule has 0 spiro atoms. The summed E-state index contributed by atoms with van der Waals surface area (Å²) in [6.07, 6.45) is 0. The third-order valence-electron chi connectivity index (χ3n) is 2.77. The largest absolute Gasteiger partial charge is 0.478 e. The molecule has 0 saturated heterocycles. The van der Waals surface area contributed by atoms with E-state index in [4.69, 9.17) is 5.11 Å². The molecule has 18 heavy (non-hydrogen) atoms. The first-order valence-corrected chi connectivity index (χ1v) is 5.40. The smallest absolute Gasteiger partial charge is 0.337 e. The molecule has 0 saturated carbocycles. The number of pyridine rings is 1. The number of aryl methyl sites for hydroxylation is 1. The van der Waals surface area contributed by atoms with E-state index in [0.29, 0.717) is 11.3 Å². The second-order valence-corrected chi connectivity index (χ2v) is 4.31. The number of aromatic nitrogens is 1. The number of hydrogen-bond donors (Lipinski definition) is 1. The molecule has 0 aromatic carbocycles. The minimum absolute atomic E-state index is 0.0705. The van der Waals surface area contributed by atoms with E-state index in [9.17, 15) is 14.4 Å². The van der Waals surface area contributed by atoms with Crippen molar-refractivity contribution < 1.29 is 14.7 Å². The average Bonchev–Trinajstić information content (AvgIpc) is 2.22. The van der Waals surface area contributed by atoms with Crippen LogP contribution in [0.25, 0.3) is 0 Å². The van der Waals surface area contributed by atoms with E-state index in [1.54, 1.807) is 21.0 Å². The number of likely N-dealkylation sites (N-methyl/N-ethyl adjacent to an activating group) is 1. The highest BCUT2D eigenvalue weighted by Gasteiger charge is 2.17. The Balaban J connectivity index is 3.37. The standard InChI is InChI=1S/C12H16N2O4/c1-7-5-9(15)14(6-10(16)13(3)4)8(2)11(7)12(17)18/h5H,6H2,1-4H3,(H,17,18). The lowest BCUT2D eigenvalue weighted by molar-refractivity contribution is -0.129. The molecule has 1 aromatic rings. The van der Waals surface area contributed by atoms with Gasteiger partial charge in [0.2, 0.25) is 5.91 Å². The molecule has 0 aliphatic carbocycles. The summed E-state index contributed by atoms with van der Waals surface area (Å²) in [5.74, 6) is -1.36. The first kappa shape index (κ1) is 14.0. The van der Waals surface area contributed by atoms with Gasteiger partial charge in [-0.15, -0.1) is 0 Å². The summed E-state index contributed by atoms with van der Waals surface area (Å²) in [5.41, 5.74) is 0.396. The summed E-state index contributed by atoms with van der Waals surface area (Å²) in [7, 11) is 3.16. The van der Waals surface area contributed by atoms with E-state index in [0.717, 1.165) is 0 Å². The van der Waals surface area contributed by atoms with Crippen molar-refractivity contribution in [1.29, 1.82) is 0 Å². The van der Waals surface area contributed by atoms with E-state index in [2.05, 4.69) is 0 Å². The van der Waals surface area contributed by atoms with Gasteiger partial charge in [-0.25, -0.2) is 4.79 Å². The summed E-state index contributed by atoms with van der Waals surface area (Å²) in [4.78, 5) is 35.9. The lowest BCUT2D eigenvalue weighted by atomic mass is 10.1. The van der Waals surface area contributed by atoms with Crippen LogP contribution >= 0.6 is 0 Å². The Morgan fingerprint density at radius 3 is 2.33 bits per heavy atom. The Kier molecular flexibility index (Phi) is 3.90. The molecule has 1 aromatic heterocycles. The van der Waals surface area contributed by atoms with E-state index in [1.807, 2.05) is 0 Å². The van der Waals surface area contributed by atoms with Gasteiger partial charge < -0.3 is 14.6 Å². The second-order valence-electron chi connectivity index (χ2n) is 4.31. The van der Waals surface area contributed by atoms with Gasteiger partial charge in [0.05, 0.1) is 5.56 Å². The Labute approximate surface area is 104 Å². The summed E-state index contributed by atoms with van der Waals surface area (Å²) in [5, 5.41) is 9.09. The molecular formula is C12H16N2O4. The first-order chi connectivity index (χ1) is 8.25. The quantitative estimate of drug-likeness (QED) is 0.836. The average molecular weight is 252 g/mol. The van der Waals surface area contributed by atoms with Crippen molar-refractivity contribution in [1.82, 2.24) is 9.47 Å². The van der Waals surface area contributed by atoms with Crippen molar-refractivity contribution in [2.45, 2.75) is 20.4 Å². The molecule has 1 rings (SSSR count). The van der Waals surface area contributed by atoms with E-state index in [1.165, 1.54) is 22.5 Å². The normalized spacial score (nSPS) is 10.2. The lowest BCUT2D eigenvalue weighted by Gasteiger charge is -2.16. The van der Waals surface area contributed by atoms with Gasteiger partial charge in [0.1, 0.15) is 6.54 Å². The molecule has 0 unspecified atom stereocenters. The number of aromatic carboxylic acids is 1. The molecule has 0 aliphatic heterocycles. The fraction of sp³-hybridized carbons (Fsp3) is 0.417. The molecule has 6 nitrogen and oxygen atoms in total. The second kappa shape index (κ2) is 5.03. The molecule has 6 heteroatoms. The summed E-state index contributed by atoms with van der Waals surface area (Å²) in [6, 6.07) is 1.24. The molecule has 1 heterocycles. The molecule has 0 fully saturated rings. The maximum Gasteiger partial charge on any atom is 0.337 e. The number of amides is 1. The monoisotopic (exact) mass is 252 g/mol. The Morgan fingerprint density at radius 1 is 1.33 bits per heavy atom. The van der Waals surface area contributed by atoms with Crippen LogP contribution in [0.2, 0.25) is 0 Å². The van der Waals surface area contributed by atoms with Crippen LogP contribution in [0.1, 0.15) is 21.6 Å². The van der Waals surface area contributed by atoms with Gasteiger partial charge in [-0.05, 0) is 19.4 Å². The van der Waals surface area contributed by atoms with Crippen LogP contribution in [-0.4, -0.2) is 40.5 Å². The number of carboxylic acids is 1. The fourth-order valence-corrected chi connectivity index (χ4v) is 1.72. The maximum absolute atomic E-state index is 11.8. The Bertz CT molecular complexity index is 558. The summed E-state index contributed by atoms with van der Waals surface area (Å²) >= 11 is 0. The van der Waals surface area contributed by atoms with Gasteiger partial charge in [-0.1, -0.05) is 0 Å². The van der Waals surface area contributed by atoms with Gasteiger partial charge in [-0.3, -0.25) is 9.59 Å². The van der Waals surface area contributed by atoms with Gasteiger partial charge >= 0.3 is 5.97 Å². The highest BCUT2D eigenvalue weighted by atomic mass is 16.4. The molecule has 0 atom stereocenters. The minimum atomic E-state index is -1.10. The summed E-state index contributed by atoms with van der Waals surface area (Å²) < 4.78 is 1.18. The van der Waals surface area contributed by atoms with Gasteiger partial charge in [0, 0.05) is 25.9 Å². The molecular weight excluding hydrogens is 236 g/mol. The molecule has 1 amide bonds. The van der Waals surface area contributed by atoms with Crippen LogP contribution in [-0.2, 0) is 11.3 Å². The highest BCUT2D eigenvalue weighted by molar-refractivity contribution is 5.90. The maximum atomic E-state index is 11.8. The van der Waals surface area contributed by atoms with Crippen LogP contribution in [0.4, 0.5) is 0 Å². The van der Waals surface area contributed by atoms with Crippen LogP contribution in [0.3, 0.4) is 0 Å². The topological polar surface area (TPSA) is 79.6 Å². The summed E-state index contributed by atoms with van der Waals surface area (Å²) in [6.45, 7) is 2.94. The highest BCUT2D eigenvalue weighted by Crippen LogP contribution is 2.11. The predicted molar refractivity (Wildman–Crippen MR) is 65.8 cm³/mol. The minimum Gasteiger partial charge on any atom is -0.478 e. The molecule has 0 radical (unpaired) electrons. The van der Waals surface area contributed by atoms with Crippen molar-refractivity contribution in [3.05, 3.63) is 33.2 Å². The zero-order valence-electron chi connectivity index (χ0n) is 10.9. The Hall–Kier alpha value is -2.11. The van der Waals surface area contributed by atoms with Gasteiger partial charge in [0.25, 0.3) is 5.56 Å². The van der Waals surface area contributed by atoms with Crippen molar-refractivity contribution in [2.75, 3.05) is 14.1 Å². The molecule has 1 N–H and O–H groups in total. The van der Waals surface area contributed by atoms with E-state index < -0.39 is 5.97 Å². The third-order valence-corrected chi connectivity index (χ3v) is 2.77. The van der Waals surface area contributed by atoms with Crippen LogP contribution in [0.15, 0.2) is 10.9 Å². The SMILES string of the molecule is Cc1cc(=O)n(CC(=O)N(C)C)c(C)c1C(=O)O. The number of carbonyl (C=O) groups excluding carboxylic acids is 1. The zero-order chi connectivity index (χ0) is 14.0. The van der Waals surface area contributed by atoms with E-state index in [-0.39, 0.29) is 23.6 Å². The lowest BCUT2D eigenvalue weighted by Crippen LogP contribution is -2.33. The number of rotatable bonds is 3. The van der Waals surface area contributed by atoms with Crippen molar-refractivity contribution in [2.24, 2.45) is 0 Å². The molecule has 0 bridgehead atoms. The van der Waals surface area contributed by atoms with Crippen molar-refractivity contribution in [3.8, 4) is 0 Å². The fourth-order valence-electron chi connectivity index (χ4n) is 1.72. The van der Waals surface area contributed by atoms with E-state index >= 15 is 0 Å². The van der Waals surface area contributed by atoms with Crippen LogP contribution < -0.4 is 5.56 Å². The number of carbonyl (C=O) groups is 2. The number of nitrogens with zero attached hydrogens (tertiary/aromatic N) is 2. The van der Waals surface area contributed by atoms with Crippen LogP contribution in [0.5, 0.6) is 0 Å².